The van der Waals surface area contributed by atoms with E-state index < -0.39 is 0 Å². The Morgan fingerprint density at radius 2 is 2.11 bits per heavy atom. The molecule has 0 aliphatic heterocycles. The molecule has 1 heteroatoms. The van der Waals surface area contributed by atoms with Crippen LogP contribution in [0.3, 0.4) is 0 Å². The van der Waals surface area contributed by atoms with Gasteiger partial charge in [0.2, 0.25) is 0 Å². The second-order valence-corrected chi connectivity index (χ2v) is 4.45. The molecule has 0 spiro atoms. The number of ketones is 1. The molecule has 0 radical (unpaired) electrons. The summed E-state index contributed by atoms with van der Waals surface area (Å²) in [5.41, 5.74) is 2.90. The Labute approximate surface area is 106 Å². The third-order valence-corrected chi connectivity index (χ3v) is 3.37. The molecule has 2 aromatic rings. The van der Waals surface area contributed by atoms with Gasteiger partial charge in [0.05, 0.1) is 0 Å². The van der Waals surface area contributed by atoms with E-state index in [1.165, 1.54) is 0 Å². The van der Waals surface area contributed by atoms with Gasteiger partial charge >= 0.3 is 0 Å². The molecule has 3 rings (SSSR count). The van der Waals surface area contributed by atoms with Crippen molar-refractivity contribution in [3.8, 4) is 12.3 Å². The maximum atomic E-state index is 12.0. The Balaban J connectivity index is 2.43. The van der Waals surface area contributed by atoms with E-state index in [1.807, 2.05) is 36.4 Å². The van der Waals surface area contributed by atoms with Crippen molar-refractivity contribution in [2.45, 2.75) is 12.8 Å². The molecule has 2 aromatic carbocycles. The van der Waals surface area contributed by atoms with Gasteiger partial charge < -0.3 is 0 Å². The number of carbonyl (C=O) groups excluding carboxylic acids is 1. The lowest BCUT2D eigenvalue weighted by molar-refractivity contribution is 0.0994. The Kier molecular flexibility index (Phi) is 2.50. The van der Waals surface area contributed by atoms with Crippen LogP contribution in [0.25, 0.3) is 16.8 Å². The van der Waals surface area contributed by atoms with Gasteiger partial charge in [0.15, 0.2) is 5.78 Å². The van der Waals surface area contributed by atoms with Crippen LogP contribution in [0, 0.1) is 12.3 Å². The van der Waals surface area contributed by atoms with Crippen molar-refractivity contribution in [1.82, 2.24) is 0 Å². The molecule has 0 heterocycles. The number of terminal acetylenes is 1. The summed E-state index contributed by atoms with van der Waals surface area (Å²) in [7, 11) is 0. The molecular formula is C17H12O. The van der Waals surface area contributed by atoms with Crippen molar-refractivity contribution in [2.75, 3.05) is 0 Å². The smallest absolute Gasteiger partial charge is 0.167 e. The van der Waals surface area contributed by atoms with Gasteiger partial charge in [-0.25, -0.2) is 0 Å². The van der Waals surface area contributed by atoms with Crippen molar-refractivity contribution in [1.29, 1.82) is 0 Å². The van der Waals surface area contributed by atoms with Gasteiger partial charge in [0, 0.05) is 18.4 Å². The zero-order valence-corrected chi connectivity index (χ0v) is 9.94. The van der Waals surface area contributed by atoms with Crippen molar-refractivity contribution in [3.05, 3.63) is 53.1 Å². The monoisotopic (exact) mass is 232 g/mol. The molecule has 1 nitrogen and oxygen atoms in total. The van der Waals surface area contributed by atoms with Crippen LogP contribution >= 0.6 is 0 Å². The molecule has 0 saturated heterocycles. The van der Waals surface area contributed by atoms with Crippen LogP contribution in [0.15, 0.2) is 36.4 Å². The molecule has 0 bridgehead atoms. The second-order valence-electron chi connectivity index (χ2n) is 4.45. The van der Waals surface area contributed by atoms with Crippen molar-refractivity contribution >= 4 is 22.6 Å². The minimum atomic E-state index is 0.177. The summed E-state index contributed by atoms with van der Waals surface area (Å²) in [6.07, 6.45) is 10.4. The predicted molar refractivity (Wildman–Crippen MR) is 74.5 cm³/mol. The first kappa shape index (κ1) is 10.8. The molecule has 86 valence electrons. The summed E-state index contributed by atoms with van der Waals surface area (Å²) in [6.45, 7) is 0. The summed E-state index contributed by atoms with van der Waals surface area (Å²) < 4.78 is 0. The van der Waals surface area contributed by atoms with Crippen LogP contribution in [0.1, 0.15) is 27.9 Å². The van der Waals surface area contributed by atoms with Crippen LogP contribution in [-0.4, -0.2) is 5.78 Å². The summed E-state index contributed by atoms with van der Waals surface area (Å²) in [5.74, 6) is 2.87. The normalized spacial score (nSPS) is 13.4. The highest BCUT2D eigenvalue weighted by atomic mass is 16.1. The minimum absolute atomic E-state index is 0.177. The van der Waals surface area contributed by atoms with Crippen molar-refractivity contribution < 1.29 is 4.79 Å². The number of rotatable bonds is 1. The minimum Gasteiger partial charge on any atom is -0.294 e. The summed E-state index contributed by atoms with van der Waals surface area (Å²) in [6, 6.07) is 10.1. The van der Waals surface area contributed by atoms with E-state index in [-0.39, 0.29) is 5.78 Å². The highest BCUT2D eigenvalue weighted by molar-refractivity contribution is 6.07. The van der Waals surface area contributed by atoms with E-state index in [1.54, 1.807) is 0 Å². The van der Waals surface area contributed by atoms with Gasteiger partial charge in [-0.15, -0.1) is 12.3 Å². The van der Waals surface area contributed by atoms with E-state index in [2.05, 4.69) is 12.0 Å². The molecule has 1 aliphatic rings. The molecule has 1 aliphatic carbocycles. The lowest BCUT2D eigenvalue weighted by Crippen LogP contribution is -2.07. The number of fused-ring (bicyclic) bond motifs is 2. The first-order valence-electron chi connectivity index (χ1n) is 5.99. The Morgan fingerprint density at radius 3 is 2.94 bits per heavy atom. The zero-order valence-electron chi connectivity index (χ0n) is 9.94. The van der Waals surface area contributed by atoms with Gasteiger partial charge in [-0.1, -0.05) is 36.4 Å². The third-order valence-electron chi connectivity index (χ3n) is 3.37. The van der Waals surface area contributed by atoms with Gasteiger partial charge in [0.25, 0.3) is 0 Å². The summed E-state index contributed by atoms with van der Waals surface area (Å²) in [4.78, 5) is 12.0. The molecule has 0 aromatic heterocycles. The number of hydrogen-bond donors (Lipinski definition) is 0. The standard InChI is InChI=1S/C17H12O/c1-2-6-14-13-8-4-3-7-12(13)11-16-15(14)9-5-10-17(16)18/h1,3-5,7-9,11H,6,10H2. The van der Waals surface area contributed by atoms with E-state index in [0.29, 0.717) is 12.8 Å². The highest BCUT2D eigenvalue weighted by Crippen LogP contribution is 2.30. The first-order chi connectivity index (χ1) is 8.81. The first-order valence-corrected chi connectivity index (χ1v) is 5.99. The lowest BCUT2D eigenvalue weighted by Gasteiger charge is -2.16. The molecule has 0 unspecified atom stereocenters. The maximum absolute atomic E-state index is 12.0. The predicted octanol–water partition coefficient (Wildman–Crippen LogP) is 3.62. The van der Waals surface area contributed by atoms with E-state index in [0.717, 1.165) is 27.5 Å². The topological polar surface area (TPSA) is 17.1 Å². The number of carbonyl (C=O) groups is 1. The van der Waals surface area contributed by atoms with Crippen LogP contribution in [0.5, 0.6) is 0 Å². The fourth-order valence-corrected chi connectivity index (χ4v) is 2.55. The highest BCUT2D eigenvalue weighted by Gasteiger charge is 2.18. The van der Waals surface area contributed by atoms with E-state index >= 15 is 0 Å². The van der Waals surface area contributed by atoms with E-state index in [9.17, 15) is 4.79 Å². The number of benzene rings is 2. The fraction of sp³-hybridized carbons (Fsp3) is 0.118. The second kappa shape index (κ2) is 4.16. The van der Waals surface area contributed by atoms with Gasteiger partial charge in [-0.2, -0.15) is 0 Å². The zero-order chi connectivity index (χ0) is 12.5. The number of hydrogen-bond acceptors (Lipinski definition) is 1. The van der Waals surface area contributed by atoms with Crippen molar-refractivity contribution in [2.24, 2.45) is 0 Å². The quantitative estimate of drug-likeness (QED) is 0.686. The molecule has 0 amide bonds. The van der Waals surface area contributed by atoms with Gasteiger partial charge in [0.1, 0.15) is 0 Å². The molecule has 18 heavy (non-hydrogen) atoms. The van der Waals surface area contributed by atoms with Crippen LogP contribution in [-0.2, 0) is 6.42 Å². The average Bonchev–Trinajstić information content (AvgIpc) is 2.40. The largest absolute Gasteiger partial charge is 0.294 e. The number of Topliss-reactive ketones (excluding diaryl/α,β-unsaturated/α-hetero) is 1. The summed E-state index contributed by atoms with van der Waals surface area (Å²) in [5, 5.41) is 2.23. The Bertz CT molecular complexity index is 714. The summed E-state index contributed by atoms with van der Waals surface area (Å²) >= 11 is 0. The molecular weight excluding hydrogens is 220 g/mol. The molecule has 0 N–H and O–H groups in total. The fourth-order valence-electron chi connectivity index (χ4n) is 2.55. The molecule has 0 saturated carbocycles. The SMILES string of the molecule is C#CCc1c2c(cc3ccccc13)C(=O)CC=C2. The Hall–Kier alpha value is -2.33. The third kappa shape index (κ3) is 1.55. The Morgan fingerprint density at radius 1 is 1.28 bits per heavy atom. The van der Waals surface area contributed by atoms with Crippen LogP contribution < -0.4 is 0 Å². The maximum Gasteiger partial charge on any atom is 0.167 e. The van der Waals surface area contributed by atoms with Gasteiger partial charge in [-0.3, -0.25) is 4.79 Å². The molecule has 0 atom stereocenters. The molecule has 0 fully saturated rings. The van der Waals surface area contributed by atoms with E-state index in [4.69, 9.17) is 6.42 Å². The van der Waals surface area contributed by atoms with Crippen molar-refractivity contribution in [3.63, 3.8) is 0 Å². The average molecular weight is 232 g/mol. The van der Waals surface area contributed by atoms with Crippen LogP contribution in [0.4, 0.5) is 0 Å². The lowest BCUT2D eigenvalue weighted by atomic mass is 9.87. The van der Waals surface area contributed by atoms with Crippen LogP contribution in [0.2, 0.25) is 0 Å². The number of allylic oxidation sites excluding steroid dienone is 1. The van der Waals surface area contributed by atoms with Gasteiger partial charge in [-0.05, 0) is 28.0 Å².